The van der Waals surface area contributed by atoms with Gasteiger partial charge in [0, 0.05) is 24.4 Å². The summed E-state index contributed by atoms with van der Waals surface area (Å²) in [5.74, 6) is 0.666. The van der Waals surface area contributed by atoms with Crippen LogP contribution in [0.5, 0.6) is 5.75 Å². The Morgan fingerprint density at radius 1 is 1.56 bits per heavy atom. The molecule has 1 amide bonds. The van der Waals surface area contributed by atoms with Crippen LogP contribution in [-0.4, -0.2) is 25.1 Å². The van der Waals surface area contributed by atoms with Crippen LogP contribution in [0, 0.1) is 0 Å². The Kier molecular flexibility index (Phi) is 4.04. The molecule has 1 unspecified atom stereocenters. The van der Waals surface area contributed by atoms with Gasteiger partial charge < -0.3 is 10.1 Å². The van der Waals surface area contributed by atoms with Crippen LogP contribution in [0.15, 0.2) is 29.4 Å². The first-order valence-corrected chi connectivity index (χ1v) is 5.84. The molecule has 2 rings (SSSR count). The van der Waals surface area contributed by atoms with E-state index in [-0.39, 0.29) is 5.91 Å². The molecule has 0 spiro atoms. The number of rotatable bonds is 5. The van der Waals surface area contributed by atoms with Gasteiger partial charge in [-0.1, -0.05) is 23.3 Å². The minimum Gasteiger partial charge on any atom is -0.480 e. The summed E-state index contributed by atoms with van der Waals surface area (Å²) in [6, 6.07) is 7.65. The summed E-state index contributed by atoms with van der Waals surface area (Å²) in [5.41, 5.74) is 9.16. The maximum absolute atomic E-state index is 11.8. The van der Waals surface area contributed by atoms with Crippen molar-refractivity contribution in [3.8, 4) is 5.75 Å². The van der Waals surface area contributed by atoms with Crippen molar-refractivity contribution in [1.82, 2.24) is 5.32 Å². The standard InChI is InChI=1S/C12H14N4O2/c13-16-15-7-3-6-14-12(17)11-8-9-4-1-2-5-10(9)18-11/h1-2,4-5,11H,3,6-8H2,(H,14,17). The van der Waals surface area contributed by atoms with Crippen LogP contribution >= 0.6 is 0 Å². The molecular weight excluding hydrogens is 232 g/mol. The molecule has 0 bridgehead atoms. The summed E-state index contributed by atoms with van der Waals surface area (Å²) in [6.45, 7) is 0.886. The summed E-state index contributed by atoms with van der Waals surface area (Å²) >= 11 is 0. The average Bonchev–Trinajstić information content (AvgIpc) is 2.82. The average molecular weight is 246 g/mol. The molecule has 1 atom stereocenters. The van der Waals surface area contributed by atoms with Crippen LogP contribution in [0.4, 0.5) is 0 Å². The molecule has 1 aliphatic heterocycles. The fourth-order valence-corrected chi connectivity index (χ4v) is 1.85. The molecule has 1 N–H and O–H groups in total. The maximum Gasteiger partial charge on any atom is 0.261 e. The Morgan fingerprint density at radius 3 is 3.17 bits per heavy atom. The van der Waals surface area contributed by atoms with Gasteiger partial charge in [-0.15, -0.1) is 0 Å². The Bertz CT molecular complexity index is 458. The molecule has 18 heavy (non-hydrogen) atoms. The number of azide groups is 1. The molecule has 1 aliphatic rings. The van der Waals surface area contributed by atoms with Crippen LogP contribution in [0.25, 0.3) is 10.4 Å². The summed E-state index contributed by atoms with van der Waals surface area (Å²) in [7, 11) is 0. The largest absolute Gasteiger partial charge is 0.480 e. The molecule has 6 nitrogen and oxygen atoms in total. The number of carbonyl (C=O) groups excluding carboxylic acids is 1. The summed E-state index contributed by atoms with van der Waals surface area (Å²) in [6.07, 6.45) is 0.801. The molecule has 0 radical (unpaired) electrons. The van der Waals surface area contributed by atoms with Crippen LogP contribution in [-0.2, 0) is 11.2 Å². The van der Waals surface area contributed by atoms with E-state index in [4.69, 9.17) is 10.3 Å². The molecule has 1 aromatic rings. The van der Waals surface area contributed by atoms with Gasteiger partial charge in [-0.05, 0) is 23.6 Å². The van der Waals surface area contributed by atoms with E-state index in [0.29, 0.717) is 25.9 Å². The second-order valence-corrected chi connectivity index (χ2v) is 4.02. The zero-order valence-electron chi connectivity index (χ0n) is 9.87. The number of nitrogens with zero attached hydrogens (tertiary/aromatic N) is 3. The highest BCUT2D eigenvalue weighted by atomic mass is 16.5. The SMILES string of the molecule is [N-]=[N+]=NCCCNC(=O)C1Cc2ccccc2O1. The zero-order chi connectivity index (χ0) is 12.8. The first-order chi connectivity index (χ1) is 8.81. The van der Waals surface area contributed by atoms with Crippen LogP contribution in [0.3, 0.4) is 0 Å². The maximum atomic E-state index is 11.8. The lowest BCUT2D eigenvalue weighted by atomic mass is 10.1. The van der Waals surface area contributed by atoms with Crippen molar-refractivity contribution >= 4 is 5.91 Å². The molecular formula is C12H14N4O2. The third kappa shape index (κ3) is 2.93. The predicted molar refractivity (Wildman–Crippen MR) is 66.2 cm³/mol. The highest BCUT2D eigenvalue weighted by Gasteiger charge is 2.28. The summed E-state index contributed by atoms with van der Waals surface area (Å²) in [5, 5.41) is 6.17. The first-order valence-electron chi connectivity index (χ1n) is 5.84. The van der Waals surface area contributed by atoms with Gasteiger partial charge in [-0.3, -0.25) is 4.79 Å². The lowest BCUT2D eigenvalue weighted by Crippen LogP contribution is -2.38. The van der Waals surface area contributed by atoms with Crippen LogP contribution < -0.4 is 10.1 Å². The molecule has 0 saturated carbocycles. The van der Waals surface area contributed by atoms with Crippen molar-refractivity contribution in [2.75, 3.05) is 13.1 Å². The fraction of sp³-hybridized carbons (Fsp3) is 0.417. The van der Waals surface area contributed by atoms with Gasteiger partial charge in [-0.25, -0.2) is 0 Å². The van der Waals surface area contributed by atoms with E-state index in [1.54, 1.807) is 0 Å². The van der Waals surface area contributed by atoms with Crippen molar-refractivity contribution in [3.05, 3.63) is 40.3 Å². The summed E-state index contributed by atoms with van der Waals surface area (Å²) < 4.78 is 5.55. The van der Waals surface area contributed by atoms with E-state index >= 15 is 0 Å². The number of para-hydroxylation sites is 1. The van der Waals surface area contributed by atoms with E-state index in [2.05, 4.69) is 15.3 Å². The smallest absolute Gasteiger partial charge is 0.261 e. The van der Waals surface area contributed by atoms with Gasteiger partial charge in [-0.2, -0.15) is 0 Å². The zero-order valence-corrected chi connectivity index (χ0v) is 9.87. The quantitative estimate of drug-likeness (QED) is 0.371. The van der Waals surface area contributed by atoms with Crippen molar-refractivity contribution in [2.24, 2.45) is 5.11 Å². The molecule has 0 aromatic heterocycles. The van der Waals surface area contributed by atoms with E-state index < -0.39 is 6.10 Å². The monoisotopic (exact) mass is 246 g/mol. The highest BCUT2D eigenvalue weighted by Crippen LogP contribution is 2.27. The van der Waals surface area contributed by atoms with Gasteiger partial charge in [0.25, 0.3) is 5.91 Å². The number of hydrogen-bond donors (Lipinski definition) is 1. The molecule has 1 heterocycles. The van der Waals surface area contributed by atoms with Crippen LogP contribution in [0.1, 0.15) is 12.0 Å². The Labute approximate surface area is 105 Å². The number of hydrogen-bond acceptors (Lipinski definition) is 3. The van der Waals surface area contributed by atoms with E-state index in [1.807, 2.05) is 24.3 Å². The first kappa shape index (κ1) is 12.3. The van der Waals surface area contributed by atoms with Crippen molar-refractivity contribution in [2.45, 2.75) is 18.9 Å². The Balaban J connectivity index is 1.77. The number of amides is 1. The molecule has 0 fully saturated rings. The van der Waals surface area contributed by atoms with Gasteiger partial charge in [0.2, 0.25) is 0 Å². The molecule has 0 aliphatic carbocycles. The molecule has 0 saturated heterocycles. The number of nitrogens with one attached hydrogen (secondary N) is 1. The second kappa shape index (κ2) is 5.93. The highest BCUT2D eigenvalue weighted by molar-refractivity contribution is 5.82. The minimum absolute atomic E-state index is 0.118. The van der Waals surface area contributed by atoms with Crippen molar-refractivity contribution in [1.29, 1.82) is 0 Å². The molecule has 6 heteroatoms. The van der Waals surface area contributed by atoms with Crippen molar-refractivity contribution < 1.29 is 9.53 Å². The second-order valence-electron chi connectivity index (χ2n) is 4.02. The normalized spacial score (nSPS) is 16.3. The van der Waals surface area contributed by atoms with Gasteiger partial charge in [0.1, 0.15) is 5.75 Å². The van der Waals surface area contributed by atoms with E-state index in [1.165, 1.54) is 0 Å². The van der Waals surface area contributed by atoms with Gasteiger partial charge in [0.15, 0.2) is 6.10 Å². The van der Waals surface area contributed by atoms with E-state index in [0.717, 1.165) is 11.3 Å². The molecule has 94 valence electrons. The van der Waals surface area contributed by atoms with Gasteiger partial charge in [0.05, 0.1) is 0 Å². The van der Waals surface area contributed by atoms with Gasteiger partial charge >= 0.3 is 0 Å². The minimum atomic E-state index is -0.443. The number of ether oxygens (including phenoxy) is 1. The lowest BCUT2D eigenvalue weighted by Gasteiger charge is -2.10. The third-order valence-electron chi connectivity index (χ3n) is 2.74. The summed E-state index contributed by atoms with van der Waals surface area (Å²) in [4.78, 5) is 14.5. The third-order valence-corrected chi connectivity index (χ3v) is 2.74. The lowest BCUT2D eigenvalue weighted by molar-refractivity contribution is -0.127. The Morgan fingerprint density at radius 2 is 2.39 bits per heavy atom. The van der Waals surface area contributed by atoms with Crippen LogP contribution in [0.2, 0.25) is 0 Å². The Hall–Kier alpha value is -2.20. The fourth-order valence-electron chi connectivity index (χ4n) is 1.85. The molecule has 1 aromatic carbocycles. The topological polar surface area (TPSA) is 87.1 Å². The number of carbonyl (C=O) groups is 1. The van der Waals surface area contributed by atoms with Crippen molar-refractivity contribution in [3.63, 3.8) is 0 Å². The predicted octanol–water partition coefficient (Wildman–Crippen LogP) is 1.81. The number of benzene rings is 1. The number of fused-ring (bicyclic) bond motifs is 1. The van der Waals surface area contributed by atoms with E-state index in [9.17, 15) is 4.79 Å².